The van der Waals surface area contributed by atoms with Crippen LogP contribution in [0.2, 0.25) is 31.2 Å². The van der Waals surface area contributed by atoms with E-state index in [0.29, 0.717) is 0 Å². The van der Waals surface area contributed by atoms with E-state index in [4.69, 9.17) is 4.43 Å². The zero-order chi connectivity index (χ0) is 9.45. The van der Waals surface area contributed by atoms with Crippen molar-refractivity contribution in [1.82, 2.24) is 0 Å². The summed E-state index contributed by atoms with van der Waals surface area (Å²) in [4.78, 5) is 0. The van der Waals surface area contributed by atoms with Crippen LogP contribution in [0, 0.1) is 0 Å². The van der Waals surface area contributed by atoms with Gasteiger partial charge in [-0.2, -0.15) is 0 Å². The Morgan fingerprint density at radius 3 is 2.67 bits per heavy atom. The Hall–Kier alpha value is 0.134. The van der Waals surface area contributed by atoms with E-state index in [1.54, 1.807) is 0 Å². The third kappa shape index (κ3) is 6.82. The van der Waals surface area contributed by atoms with Crippen LogP contribution in [-0.4, -0.2) is 24.9 Å². The maximum Gasteiger partial charge on any atom is 0.161 e. The molecule has 3 heteroatoms. The lowest BCUT2D eigenvalue weighted by Gasteiger charge is -2.19. The van der Waals surface area contributed by atoms with Gasteiger partial charge in [0, 0.05) is 7.11 Å². The van der Waals surface area contributed by atoms with Crippen molar-refractivity contribution in [3.8, 4) is 0 Å². The van der Waals surface area contributed by atoms with Crippen LogP contribution in [0.25, 0.3) is 0 Å². The summed E-state index contributed by atoms with van der Waals surface area (Å²) in [7, 11) is 0.762. The normalized spacial score (nSPS) is 12.6. The fraction of sp³-hybridized carbons (Fsp3) is 0.778. The molecular formula is C9H22OSi2. The number of hydrogen-bond acceptors (Lipinski definition) is 1. The van der Waals surface area contributed by atoms with Gasteiger partial charge in [0.1, 0.15) is 0 Å². The highest BCUT2D eigenvalue weighted by molar-refractivity contribution is 6.77. The van der Waals surface area contributed by atoms with E-state index in [2.05, 4.69) is 25.7 Å². The van der Waals surface area contributed by atoms with Gasteiger partial charge in [0.2, 0.25) is 0 Å². The molecule has 0 saturated heterocycles. The summed E-state index contributed by atoms with van der Waals surface area (Å²) < 4.78 is 5.15. The Morgan fingerprint density at radius 1 is 1.50 bits per heavy atom. The minimum atomic E-state index is -0.905. The van der Waals surface area contributed by atoms with Gasteiger partial charge < -0.3 is 4.43 Å². The van der Waals surface area contributed by atoms with E-state index < -0.39 is 8.07 Å². The highest BCUT2D eigenvalue weighted by Gasteiger charge is 2.17. The fourth-order valence-electron chi connectivity index (χ4n) is 1.34. The topological polar surface area (TPSA) is 9.23 Å². The fourth-order valence-corrected chi connectivity index (χ4v) is 4.78. The first-order valence-corrected chi connectivity index (χ1v) is 9.71. The van der Waals surface area contributed by atoms with Gasteiger partial charge in [-0.25, -0.2) is 0 Å². The van der Waals surface area contributed by atoms with Gasteiger partial charge in [-0.3, -0.25) is 0 Å². The van der Waals surface area contributed by atoms with Gasteiger partial charge in [-0.15, -0.1) is 6.58 Å². The van der Waals surface area contributed by atoms with Crippen LogP contribution in [0.15, 0.2) is 12.7 Å². The zero-order valence-corrected chi connectivity index (χ0v) is 11.1. The Labute approximate surface area is 80.2 Å². The van der Waals surface area contributed by atoms with Crippen LogP contribution in [-0.2, 0) is 4.43 Å². The Kier molecular flexibility index (Phi) is 6.70. The number of hydrogen-bond donors (Lipinski definition) is 0. The maximum absolute atomic E-state index is 5.15. The molecule has 12 heavy (non-hydrogen) atoms. The second kappa shape index (κ2) is 6.63. The smallest absolute Gasteiger partial charge is 0.161 e. The summed E-state index contributed by atoms with van der Waals surface area (Å²) in [6.07, 6.45) is 3.47. The molecule has 0 N–H and O–H groups in total. The molecule has 0 unspecified atom stereocenters. The van der Waals surface area contributed by atoms with Crippen molar-refractivity contribution >= 4 is 17.8 Å². The average molecular weight is 202 g/mol. The second-order valence-electron chi connectivity index (χ2n) is 4.11. The molecule has 0 aliphatic heterocycles. The zero-order valence-electron chi connectivity index (χ0n) is 8.73. The van der Waals surface area contributed by atoms with Crippen molar-refractivity contribution in [2.45, 2.75) is 37.6 Å². The molecule has 0 bridgehead atoms. The van der Waals surface area contributed by atoms with E-state index in [-0.39, 0.29) is 9.76 Å². The van der Waals surface area contributed by atoms with Crippen molar-refractivity contribution in [2.24, 2.45) is 0 Å². The first-order chi connectivity index (χ1) is 5.62. The SMILES string of the molecule is C=CC[Si](C)(C)CCC[SiH2]OC. The van der Waals surface area contributed by atoms with Crippen molar-refractivity contribution in [1.29, 1.82) is 0 Å². The van der Waals surface area contributed by atoms with Gasteiger partial charge in [-0.05, 0) is 12.1 Å². The molecule has 0 saturated carbocycles. The molecule has 0 amide bonds. The maximum atomic E-state index is 5.15. The van der Waals surface area contributed by atoms with Crippen molar-refractivity contribution < 1.29 is 4.43 Å². The molecule has 72 valence electrons. The molecule has 0 atom stereocenters. The Bertz CT molecular complexity index is 124. The van der Waals surface area contributed by atoms with Gasteiger partial charge in [-0.1, -0.05) is 31.6 Å². The molecule has 0 aliphatic carbocycles. The lowest BCUT2D eigenvalue weighted by Crippen LogP contribution is -2.23. The third-order valence-corrected chi connectivity index (χ3v) is 6.45. The molecule has 0 spiro atoms. The highest BCUT2D eigenvalue weighted by atomic mass is 28.3. The van der Waals surface area contributed by atoms with E-state index in [9.17, 15) is 0 Å². The number of rotatable bonds is 7. The first kappa shape index (κ1) is 12.1. The summed E-state index contributed by atoms with van der Waals surface area (Å²) in [5.74, 6) is 0. The van der Waals surface area contributed by atoms with E-state index in [0.717, 1.165) is 0 Å². The van der Waals surface area contributed by atoms with Gasteiger partial charge in [0.25, 0.3) is 0 Å². The lowest BCUT2D eigenvalue weighted by atomic mass is 10.6. The van der Waals surface area contributed by atoms with Gasteiger partial charge >= 0.3 is 0 Å². The molecule has 0 rings (SSSR count). The average Bonchev–Trinajstić information content (AvgIpc) is 1.98. The molecule has 0 aromatic carbocycles. The van der Waals surface area contributed by atoms with E-state index in [1.807, 2.05) is 7.11 Å². The molecule has 0 heterocycles. The summed E-state index contributed by atoms with van der Waals surface area (Å²) in [6.45, 7) is 8.70. The molecule has 0 aromatic rings. The highest BCUT2D eigenvalue weighted by Crippen LogP contribution is 2.18. The van der Waals surface area contributed by atoms with Gasteiger partial charge in [0.15, 0.2) is 9.76 Å². The molecule has 0 radical (unpaired) electrons. The van der Waals surface area contributed by atoms with Crippen LogP contribution < -0.4 is 0 Å². The van der Waals surface area contributed by atoms with Crippen molar-refractivity contribution in [3.63, 3.8) is 0 Å². The molecule has 0 aliphatic rings. The lowest BCUT2D eigenvalue weighted by molar-refractivity contribution is 0.440. The molecular weight excluding hydrogens is 180 g/mol. The molecule has 1 nitrogen and oxygen atoms in total. The predicted octanol–water partition coefficient (Wildman–Crippen LogP) is 2.42. The summed E-state index contributed by atoms with van der Waals surface area (Å²) in [5, 5.41) is 0. The quantitative estimate of drug-likeness (QED) is 0.350. The second-order valence-corrected chi connectivity index (χ2v) is 11.0. The number of allylic oxidation sites excluding steroid dienone is 1. The summed E-state index contributed by atoms with van der Waals surface area (Å²) in [6, 6.07) is 4.06. The summed E-state index contributed by atoms with van der Waals surface area (Å²) >= 11 is 0. The van der Waals surface area contributed by atoms with E-state index in [1.165, 1.54) is 24.6 Å². The summed E-state index contributed by atoms with van der Waals surface area (Å²) in [5.41, 5.74) is 0. The van der Waals surface area contributed by atoms with Crippen molar-refractivity contribution in [2.75, 3.05) is 7.11 Å². The third-order valence-electron chi connectivity index (χ3n) is 2.15. The largest absolute Gasteiger partial charge is 0.427 e. The molecule has 0 aromatic heterocycles. The van der Waals surface area contributed by atoms with E-state index >= 15 is 0 Å². The van der Waals surface area contributed by atoms with Crippen LogP contribution in [0.3, 0.4) is 0 Å². The Balaban J connectivity index is 3.39. The van der Waals surface area contributed by atoms with Crippen LogP contribution in [0.4, 0.5) is 0 Å². The van der Waals surface area contributed by atoms with Crippen LogP contribution in [0.5, 0.6) is 0 Å². The van der Waals surface area contributed by atoms with Crippen molar-refractivity contribution in [3.05, 3.63) is 12.7 Å². The Morgan fingerprint density at radius 2 is 2.17 bits per heavy atom. The predicted molar refractivity (Wildman–Crippen MR) is 62.3 cm³/mol. The van der Waals surface area contributed by atoms with Crippen LogP contribution >= 0.6 is 0 Å². The minimum absolute atomic E-state index is 0.165. The monoisotopic (exact) mass is 202 g/mol. The van der Waals surface area contributed by atoms with Crippen LogP contribution in [0.1, 0.15) is 6.42 Å². The minimum Gasteiger partial charge on any atom is -0.427 e. The molecule has 0 fully saturated rings. The first-order valence-electron chi connectivity index (χ1n) is 4.72. The standard InChI is InChI=1S/C9H22OSi2/c1-5-8-12(3,4)9-6-7-11-10-2/h5H,1,6-9,11H2,2-4H3. The van der Waals surface area contributed by atoms with Gasteiger partial charge in [0.05, 0.1) is 8.07 Å².